The summed E-state index contributed by atoms with van der Waals surface area (Å²) in [5, 5.41) is 18.1. The Hall–Kier alpha value is -0.870. The maximum absolute atomic E-state index is 12.0. The summed E-state index contributed by atoms with van der Waals surface area (Å²) in [4.78, 5) is 12.0. The van der Waals surface area contributed by atoms with Crippen LogP contribution in [-0.2, 0) is 9.53 Å². The molecule has 1 heterocycles. The van der Waals surface area contributed by atoms with Gasteiger partial charge in [0.2, 0.25) is 0 Å². The first-order valence-electron chi connectivity index (χ1n) is 6.30. The number of esters is 1. The van der Waals surface area contributed by atoms with Crippen LogP contribution in [0, 0.1) is 17.3 Å². The van der Waals surface area contributed by atoms with E-state index in [1.165, 1.54) is 0 Å². The van der Waals surface area contributed by atoms with Gasteiger partial charge < -0.3 is 14.9 Å². The van der Waals surface area contributed by atoms with Gasteiger partial charge in [-0.05, 0) is 19.3 Å². The summed E-state index contributed by atoms with van der Waals surface area (Å²) in [6.45, 7) is 0.708. The second kappa shape index (κ2) is 5.19. The highest BCUT2D eigenvalue weighted by Crippen LogP contribution is 2.48. The number of hydrogen-bond donors (Lipinski definition) is 2. The molecule has 0 radical (unpaired) electrons. The number of aliphatic hydroxyl groups is 2. The summed E-state index contributed by atoms with van der Waals surface area (Å²) in [6, 6.07) is 0. The summed E-state index contributed by atoms with van der Waals surface area (Å²) in [5.74, 6) is 0.0887. The molecule has 96 valence electrons. The fourth-order valence-electron chi connectivity index (χ4n) is 2.99. The summed E-state index contributed by atoms with van der Waals surface area (Å²) in [6.07, 6.45) is 6.99. The van der Waals surface area contributed by atoms with E-state index in [0.717, 1.165) is 19.3 Å². The van der Waals surface area contributed by atoms with Gasteiger partial charge in [0, 0.05) is 25.0 Å². The van der Waals surface area contributed by atoms with E-state index in [1.807, 2.05) is 12.2 Å². The summed E-state index contributed by atoms with van der Waals surface area (Å²) in [5.41, 5.74) is -0.447. The zero-order chi connectivity index (χ0) is 12.3. The molecule has 0 saturated carbocycles. The van der Waals surface area contributed by atoms with Crippen molar-refractivity contribution >= 4 is 5.97 Å². The van der Waals surface area contributed by atoms with Crippen molar-refractivity contribution < 1.29 is 19.7 Å². The van der Waals surface area contributed by atoms with Crippen molar-refractivity contribution in [1.29, 1.82) is 0 Å². The topological polar surface area (TPSA) is 66.8 Å². The van der Waals surface area contributed by atoms with Crippen LogP contribution in [0.15, 0.2) is 12.2 Å². The molecule has 0 aromatic heterocycles. The van der Waals surface area contributed by atoms with Crippen molar-refractivity contribution in [1.82, 2.24) is 0 Å². The minimum atomic E-state index is -0.447. The van der Waals surface area contributed by atoms with Crippen LogP contribution in [0.4, 0.5) is 0 Å². The highest BCUT2D eigenvalue weighted by Gasteiger charge is 2.52. The molecule has 1 aliphatic heterocycles. The van der Waals surface area contributed by atoms with E-state index < -0.39 is 5.41 Å². The molecule has 1 saturated heterocycles. The lowest BCUT2D eigenvalue weighted by Gasteiger charge is -2.35. The third-order valence-corrected chi connectivity index (χ3v) is 4.02. The van der Waals surface area contributed by atoms with Crippen LogP contribution in [0.3, 0.4) is 0 Å². The zero-order valence-electron chi connectivity index (χ0n) is 9.97. The van der Waals surface area contributed by atoms with Gasteiger partial charge in [0.15, 0.2) is 0 Å². The number of rotatable bonds is 5. The SMILES string of the molecule is O=C1OC[C@@H]2C=C[C@H](CO)C[C@]12CCCCO. The van der Waals surface area contributed by atoms with Crippen molar-refractivity contribution in [2.75, 3.05) is 19.8 Å². The number of ether oxygens (including phenoxy) is 1. The first-order valence-corrected chi connectivity index (χ1v) is 6.30. The number of unbranched alkanes of at least 4 members (excludes halogenated alkanes) is 1. The monoisotopic (exact) mass is 240 g/mol. The molecule has 2 aliphatic rings. The van der Waals surface area contributed by atoms with Crippen molar-refractivity contribution in [3.8, 4) is 0 Å². The zero-order valence-corrected chi connectivity index (χ0v) is 9.97. The Morgan fingerprint density at radius 1 is 1.35 bits per heavy atom. The summed E-state index contributed by atoms with van der Waals surface area (Å²) < 4.78 is 5.19. The van der Waals surface area contributed by atoms with Crippen LogP contribution in [0.25, 0.3) is 0 Å². The molecule has 2 rings (SSSR count). The smallest absolute Gasteiger partial charge is 0.312 e. The average molecular weight is 240 g/mol. The summed E-state index contributed by atoms with van der Waals surface area (Å²) in [7, 11) is 0. The molecule has 0 aromatic rings. The molecule has 4 nitrogen and oxygen atoms in total. The van der Waals surface area contributed by atoms with Gasteiger partial charge in [-0.25, -0.2) is 0 Å². The fraction of sp³-hybridized carbons (Fsp3) is 0.769. The minimum absolute atomic E-state index is 0.0611. The van der Waals surface area contributed by atoms with Gasteiger partial charge in [0.05, 0.1) is 12.0 Å². The van der Waals surface area contributed by atoms with Crippen LogP contribution >= 0.6 is 0 Å². The molecule has 0 bridgehead atoms. The first-order chi connectivity index (χ1) is 8.23. The lowest BCUT2D eigenvalue weighted by molar-refractivity contribution is -0.148. The number of fused-ring (bicyclic) bond motifs is 1. The Labute approximate surface area is 101 Å². The quantitative estimate of drug-likeness (QED) is 0.425. The van der Waals surface area contributed by atoms with Crippen LogP contribution in [0.1, 0.15) is 25.7 Å². The molecular weight excluding hydrogens is 220 g/mol. The normalized spacial score (nSPS) is 35.8. The van der Waals surface area contributed by atoms with Crippen molar-refractivity contribution in [2.24, 2.45) is 17.3 Å². The second-order valence-corrected chi connectivity index (χ2v) is 5.07. The Bertz CT molecular complexity index is 313. The summed E-state index contributed by atoms with van der Waals surface area (Å²) >= 11 is 0. The van der Waals surface area contributed by atoms with Gasteiger partial charge in [0.25, 0.3) is 0 Å². The van der Waals surface area contributed by atoms with Crippen molar-refractivity contribution in [3.63, 3.8) is 0 Å². The van der Waals surface area contributed by atoms with E-state index in [2.05, 4.69) is 0 Å². The molecular formula is C13H20O4. The third-order valence-electron chi connectivity index (χ3n) is 4.02. The number of aliphatic hydroxyl groups excluding tert-OH is 2. The van der Waals surface area contributed by atoms with E-state index in [9.17, 15) is 9.90 Å². The first kappa shape index (κ1) is 12.6. The van der Waals surface area contributed by atoms with E-state index in [4.69, 9.17) is 9.84 Å². The molecule has 0 aromatic carbocycles. The van der Waals surface area contributed by atoms with Gasteiger partial charge in [-0.1, -0.05) is 18.6 Å². The van der Waals surface area contributed by atoms with Crippen LogP contribution in [-0.4, -0.2) is 36.0 Å². The Kier molecular flexibility index (Phi) is 3.84. The lowest BCUT2D eigenvalue weighted by atomic mass is 9.65. The standard InChI is InChI=1S/C13H20O4/c14-6-2-1-5-13-7-10(8-15)3-4-11(13)9-17-12(13)16/h3-4,10-11,14-15H,1-2,5-9H2/t10-,11-,13-/m0/s1. The van der Waals surface area contributed by atoms with Crippen molar-refractivity contribution in [3.05, 3.63) is 12.2 Å². The molecule has 0 unspecified atom stereocenters. The molecule has 4 heteroatoms. The van der Waals surface area contributed by atoms with Crippen molar-refractivity contribution in [2.45, 2.75) is 25.7 Å². The van der Waals surface area contributed by atoms with E-state index in [-0.39, 0.29) is 31.0 Å². The molecule has 1 fully saturated rings. The Balaban J connectivity index is 2.12. The largest absolute Gasteiger partial charge is 0.465 e. The maximum Gasteiger partial charge on any atom is 0.312 e. The van der Waals surface area contributed by atoms with Crippen LogP contribution in [0.5, 0.6) is 0 Å². The number of hydrogen-bond acceptors (Lipinski definition) is 4. The van der Waals surface area contributed by atoms with Gasteiger partial charge in [-0.3, -0.25) is 4.79 Å². The second-order valence-electron chi connectivity index (χ2n) is 5.07. The van der Waals surface area contributed by atoms with Gasteiger partial charge in [-0.15, -0.1) is 0 Å². The maximum atomic E-state index is 12.0. The number of carbonyl (C=O) groups excluding carboxylic acids is 1. The molecule has 0 spiro atoms. The van der Waals surface area contributed by atoms with E-state index in [0.29, 0.717) is 13.0 Å². The number of carbonyl (C=O) groups is 1. The highest BCUT2D eigenvalue weighted by molar-refractivity contribution is 5.80. The predicted molar refractivity (Wildman–Crippen MR) is 62.2 cm³/mol. The minimum Gasteiger partial charge on any atom is -0.465 e. The predicted octanol–water partition coefficient (Wildman–Crippen LogP) is 0.877. The van der Waals surface area contributed by atoms with E-state index in [1.54, 1.807) is 0 Å². The lowest BCUT2D eigenvalue weighted by Crippen LogP contribution is -2.37. The fourth-order valence-corrected chi connectivity index (χ4v) is 2.99. The Morgan fingerprint density at radius 3 is 2.88 bits per heavy atom. The average Bonchev–Trinajstić information content (AvgIpc) is 2.67. The van der Waals surface area contributed by atoms with Crippen LogP contribution < -0.4 is 0 Å². The molecule has 1 aliphatic carbocycles. The molecule has 0 amide bonds. The van der Waals surface area contributed by atoms with Gasteiger partial charge in [0.1, 0.15) is 0 Å². The number of cyclic esters (lactones) is 1. The third kappa shape index (κ3) is 2.24. The van der Waals surface area contributed by atoms with Crippen LogP contribution in [0.2, 0.25) is 0 Å². The molecule has 2 N–H and O–H groups in total. The van der Waals surface area contributed by atoms with Gasteiger partial charge in [-0.2, -0.15) is 0 Å². The van der Waals surface area contributed by atoms with Gasteiger partial charge >= 0.3 is 5.97 Å². The Morgan fingerprint density at radius 2 is 2.18 bits per heavy atom. The highest BCUT2D eigenvalue weighted by atomic mass is 16.5. The van der Waals surface area contributed by atoms with E-state index >= 15 is 0 Å². The molecule has 17 heavy (non-hydrogen) atoms. The molecule has 3 atom stereocenters.